The fourth-order valence-corrected chi connectivity index (χ4v) is 2.87. The Hall–Kier alpha value is -1.14. The molecule has 0 spiro atoms. The lowest BCUT2D eigenvalue weighted by Gasteiger charge is -2.37. The van der Waals surface area contributed by atoms with Crippen LogP contribution in [0.1, 0.15) is 12.8 Å². The van der Waals surface area contributed by atoms with Gasteiger partial charge in [-0.25, -0.2) is 0 Å². The molecule has 0 unspecified atom stereocenters. The molecule has 6 nitrogen and oxygen atoms in total. The van der Waals surface area contributed by atoms with Crippen molar-refractivity contribution in [2.45, 2.75) is 12.8 Å². The molecule has 2 heterocycles. The summed E-state index contributed by atoms with van der Waals surface area (Å²) in [5, 5.41) is 3.29. The lowest BCUT2D eigenvalue weighted by Crippen LogP contribution is -2.54. The van der Waals surface area contributed by atoms with E-state index in [4.69, 9.17) is 0 Å². The van der Waals surface area contributed by atoms with Crippen LogP contribution in [0.25, 0.3) is 0 Å². The number of likely N-dealkylation sites (N-methyl/N-ethyl adjacent to an activating group) is 1. The van der Waals surface area contributed by atoms with Crippen molar-refractivity contribution < 1.29 is 9.59 Å². The van der Waals surface area contributed by atoms with Crippen LogP contribution in [0.5, 0.6) is 0 Å². The fraction of sp³-hybridized carbons (Fsp3) is 0.857. The quantitative estimate of drug-likeness (QED) is 0.738. The number of rotatable bonds is 3. The summed E-state index contributed by atoms with van der Waals surface area (Å²) < 4.78 is 0. The van der Waals surface area contributed by atoms with E-state index in [-0.39, 0.29) is 17.7 Å². The van der Waals surface area contributed by atoms with E-state index in [1.165, 1.54) is 0 Å². The second-order valence-corrected chi connectivity index (χ2v) is 5.99. The molecule has 0 saturated carbocycles. The number of nitrogens with zero attached hydrogens (tertiary/aromatic N) is 3. The number of piperidine rings is 1. The van der Waals surface area contributed by atoms with Crippen molar-refractivity contribution >= 4 is 11.8 Å². The molecule has 0 aromatic rings. The zero-order valence-electron chi connectivity index (χ0n) is 12.6. The molecule has 0 bridgehead atoms. The van der Waals surface area contributed by atoms with Gasteiger partial charge in [-0.3, -0.25) is 9.59 Å². The van der Waals surface area contributed by atoms with Gasteiger partial charge in [0.1, 0.15) is 0 Å². The minimum absolute atomic E-state index is 0.132. The van der Waals surface area contributed by atoms with Crippen LogP contribution in [0.2, 0.25) is 0 Å². The van der Waals surface area contributed by atoms with Crippen LogP contribution in [-0.4, -0.2) is 86.4 Å². The summed E-state index contributed by atoms with van der Waals surface area (Å²) in [6.07, 6.45) is 2.07. The fourth-order valence-electron chi connectivity index (χ4n) is 2.87. The Morgan fingerprint density at radius 1 is 1.15 bits per heavy atom. The summed E-state index contributed by atoms with van der Waals surface area (Å²) in [4.78, 5) is 30.0. The molecule has 2 amide bonds. The minimum Gasteiger partial charge on any atom is -0.339 e. The molecular formula is C14H26N4O2. The highest BCUT2D eigenvalue weighted by atomic mass is 16.2. The lowest BCUT2D eigenvalue weighted by molar-refractivity contribution is -0.142. The average molecular weight is 282 g/mol. The highest BCUT2D eigenvalue weighted by molar-refractivity contribution is 5.81. The second kappa shape index (κ2) is 7.04. The summed E-state index contributed by atoms with van der Waals surface area (Å²) in [6.45, 7) is 4.95. The summed E-state index contributed by atoms with van der Waals surface area (Å²) in [5.74, 6) is 0.547. The van der Waals surface area contributed by atoms with Gasteiger partial charge < -0.3 is 20.0 Å². The van der Waals surface area contributed by atoms with E-state index in [1.807, 2.05) is 28.8 Å². The van der Waals surface area contributed by atoms with Gasteiger partial charge in [0.15, 0.2) is 0 Å². The number of nitrogens with one attached hydrogen (secondary N) is 1. The predicted octanol–water partition coefficient (Wildman–Crippen LogP) is -0.782. The monoisotopic (exact) mass is 282 g/mol. The van der Waals surface area contributed by atoms with Gasteiger partial charge in [-0.1, -0.05) is 0 Å². The molecule has 2 aliphatic rings. The first kappa shape index (κ1) is 15.3. The number of hydrogen-bond donors (Lipinski definition) is 1. The Morgan fingerprint density at radius 2 is 1.80 bits per heavy atom. The Labute approximate surface area is 121 Å². The van der Waals surface area contributed by atoms with Gasteiger partial charge in [-0.15, -0.1) is 0 Å². The van der Waals surface area contributed by atoms with Crippen molar-refractivity contribution in [2.24, 2.45) is 5.92 Å². The number of amides is 2. The maximum Gasteiger partial charge on any atom is 0.236 e. The summed E-state index contributed by atoms with van der Waals surface area (Å²) in [5.41, 5.74) is 0. The van der Waals surface area contributed by atoms with Crippen LogP contribution in [0.3, 0.4) is 0 Å². The third-order valence-corrected chi connectivity index (χ3v) is 4.04. The van der Waals surface area contributed by atoms with E-state index in [0.29, 0.717) is 32.7 Å². The van der Waals surface area contributed by atoms with Crippen molar-refractivity contribution in [2.75, 3.05) is 59.9 Å². The molecule has 1 N–H and O–H groups in total. The minimum atomic E-state index is 0.132. The molecule has 0 radical (unpaired) electrons. The lowest BCUT2D eigenvalue weighted by atomic mass is 9.98. The molecule has 2 fully saturated rings. The van der Waals surface area contributed by atoms with Crippen LogP contribution in [0.15, 0.2) is 0 Å². The van der Waals surface area contributed by atoms with Crippen molar-refractivity contribution in [1.82, 2.24) is 20.0 Å². The van der Waals surface area contributed by atoms with E-state index >= 15 is 0 Å². The van der Waals surface area contributed by atoms with Gasteiger partial charge in [0.25, 0.3) is 0 Å². The van der Waals surface area contributed by atoms with Crippen molar-refractivity contribution in [1.29, 1.82) is 0 Å². The van der Waals surface area contributed by atoms with Crippen molar-refractivity contribution in [3.8, 4) is 0 Å². The van der Waals surface area contributed by atoms with E-state index in [9.17, 15) is 9.59 Å². The number of carbonyl (C=O) groups excluding carboxylic acids is 2. The standard InChI is InChI=1S/C14H26N4O2/c1-16(2)11-13(19)17-6-8-18(9-7-17)14(20)12-4-3-5-15-10-12/h12,15H,3-11H2,1-2H3/t12-/m0/s1. The zero-order chi connectivity index (χ0) is 14.5. The first-order valence-electron chi connectivity index (χ1n) is 7.50. The molecule has 114 valence electrons. The molecule has 2 rings (SSSR count). The van der Waals surface area contributed by atoms with Crippen LogP contribution in [0.4, 0.5) is 0 Å². The number of hydrogen-bond acceptors (Lipinski definition) is 4. The summed E-state index contributed by atoms with van der Waals surface area (Å²) in [7, 11) is 3.79. The van der Waals surface area contributed by atoms with Gasteiger partial charge in [0.05, 0.1) is 12.5 Å². The Bertz CT molecular complexity index is 345. The molecule has 2 saturated heterocycles. The largest absolute Gasteiger partial charge is 0.339 e. The molecule has 2 aliphatic heterocycles. The van der Waals surface area contributed by atoms with Gasteiger partial charge in [-0.05, 0) is 33.5 Å². The van der Waals surface area contributed by atoms with E-state index in [2.05, 4.69) is 5.32 Å². The molecule has 20 heavy (non-hydrogen) atoms. The second-order valence-electron chi connectivity index (χ2n) is 5.99. The topological polar surface area (TPSA) is 55.9 Å². The van der Waals surface area contributed by atoms with Crippen LogP contribution < -0.4 is 5.32 Å². The van der Waals surface area contributed by atoms with Crippen LogP contribution in [0, 0.1) is 5.92 Å². The molecule has 0 aromatic carbocycles. The van der Waals surface area contributed by atoms with Crippen molar-refractivity contribution in [3.63, 3.8) is 0 Å². The van der Waals surface area contributed by atoms with Crippen LogP contribution >= 0.6 is 0 Å². The summed E-state index contributed by atoms with van der Waals surface area (Å²) >= 11 is 0. The first-order valence-corrected chi connectivity index (χ1v) is 7.50. The van der Waals surface area contributed by atoms with Gasteiger partial charge in [0, 0.05) is 32.7 Å². The zero-order valence-corrected chi connectivity index (χ0v) is 12.6. The summed E-state index contributed by atoms with van der Waals surface area (Å²) in [6, 6.07) is 0. The first-order chi connectivity index (χ1) is 9.58. The maximum atomic E-state index is 12.4. The molecule has 1 atom stereocenters. The van der Waals surface area contributed by atoms with Gasteiger partial charge in [0.2, 0.25) is 11.8 Å². The van der Waals surface area contributed by atoms with Gasteiger partial charge >= 0.3 is 0 Å². The predicted molar refractivity (Wildman–Crippen MR) is 77.3 cm³/mol. The highest BCUT2D eigenvalue weighted by Gasteiger charge is 2.29. The Kier molecular flexibility index (Phi) is 5.37. The third-order valence-electron chi connectivity index (χ3n) is 4.04. The normalized spacial score (nSPS) is 24.1. The van der Waals surface area contributed by atoms with Gasteiger partial charge in [-0.2, -0.15) is 0 Å². The Balaban J connectivity index is 1.78. The van der Waals surface area contributed by atoms with E-state index in [1.54, 1.807) is 0 Å². The smallest absolute Gasteiger partial charge is 0.236 e. The molecule has 0 aromatic heterocycles. The Morgan fingerprint density at radius 3 is 2.35 bits per heavy atom. The molecule has 6 heteroatoms. The SMILES string of the molecule is CN(C)CC(=O)N1CCN(C(=O)[C@H]2CCCNC2)CC1. The van der Waals surface area contributed by atoms with E-state index in [0.717, 1.165) is 25.9 Å². The van der Waals surface area contributed by atoms with Crippen LogP contribution in [-0.2, 0) is 9.59 Å². The third kappa shape index (κ3) is 3.93. The average Bonchev–Trinajstić information content (AvgIpc) is 2.47. The van der Waals surface area contributed by atoms with Crippen molar-refractivity contribution in [3.05, 3.63) is 0 Å². The number of piperazine rings is 1. The number of carbonyl (C=O) groups is 2. The maximum absolute atomic E-state index is 12.4. The highest BCUT2D eigenvalue weighted by Crippen LogP contribution is 2.15. The van der Waals surface area contributed by atoms with E-state index < -0.39 is 0 Å². The molecular weight excluding hydrogens is 256 g/mol. The molecule has 0 aliphatic carbocycles.